The number of hydrogen-bond acceptors (Lipinski definition) is 5. The molecular weight excluding hydrogens is 336 g/mol. The molecule has 0 fully saturated rings. The van der Waals surface area contributed by atoms with Gasteiger partial charge in [0.15, 0.2) is 0 Å². The Bertz CT molecular complexity index is 930. The molecule has 0 N–H and O–H groups in total. The number of rotatable bonds is 7. The average molecular weight is 358 g/mol. The molecule has 2 heterocycles. The second kappa shape index (κ2) is 7.80. The van der Waals surface area contributed by atoms with Gasteiger partial charge in [-0.25, -0.2) is 4.98 Å². The zero-order valence-electron chi connectivity index (χ0n) is 14.7. The number of thiophene rings is 1. The van der Waals surface area contributed by atoms with Gasteiger partial charge in [-0.2, -0.15) is 0 Å². The summed E-state index contributed by atoms with van der Waals surface area (Å²) in [5.74, 6) is 1.54. The number of aromatic nitrogens is 2. The number of benzene rings is 1. The Hall–Kier alpha value is -2.18. The highest BCUT2D eigenvalue weighted by Crippen LogP contribution is 2.24. The monoisotopic (exact) mass is 358 g/mol. The molecule has 2 aromatic heterocycles. The molecule has 0 aliphatic carbocycles. The summed E-state index contributed by atoms with van der Waals surface area (Å²) in [6.07, 6.45) is 1.44. The van der Waals surface area contributed by atoms with Crippen molar-refractivity contribution in [2.45, 2.75) is 26.3 Å². The number of ether oxygens (including phenoxy) is 2. The second-order valence-electron chi connectivity index (χ2n) is 5.75. The summed E-state index contributed by atoms with van der Waals surface area (Å²) in [5.41, 5.74) is 1.01. The van der Waals surface area contributed by atoms with E-state index in [1.165, 1.54) is 4.88 Å². The van der Waals surface area contributed by atoms with Crippen molar-refractivity contribution in [2.24, 2.45) is 0 Å². The van der Waals surface area contributed by atoms with E-state index in [1.807, 2.05) is 30.3 Å². The van der Waals surface area contributed by atoms with E-state index in [0.717, 1.165) is 28.4 Å². The van der Waals surface area contributed by atoms with Gasteiger partial charge in [-0.1, -0.05) is 25.1 Å². The third-order valence-corrected chi connectivity index (χ3v) is 5.36. The van der Waals surface area contributed by atoms with Crippen LogP contribution in [-0.2, 0) is 24.1 Å². The molecule has 0 aliphatic heterocycles. The van der Waals surface area contributed by atoms with Crippen molar-refractivity contribution < 1.29 is 9.47 Å². The Labute approximate surface area is 150 Å². The largest absolute Gasteiger partial charge is 0.496 e. The number of para-hydroxylation sites is 1. The van der Waals surface area contributed by atoms with Crippen LogP contribution in [0.4, 0.5) is 0 Å². The van der Waals surface area contributed by atoms with Crippen LogP contribution in [0.3, 0.4) is 0 Å². The summed E-state index contributed by atoms with van der Waals surface area (Å²) in [7, 11) is 3.29. The van der Waals surface area contributed by atoms with Gasteiger partial charge in [-0.15, -0.1) is 11.3 Å². The van der Waals surface area contributed by atoms with Crippen molar-refractivity contribution in [1.29, 1.82) is 0 Å². The fourth-order valence-corrected chi connectivity index (χ4v) is 3.83. The zero-order chi connectivity index (χ0) is 17.8. The van der Waals surface area contributed by atoms with Crippen molar-refractivity contribution in [1.82, 2.24) is 9.55 Å². The molecule has 6 heteroatoms. The van der Waals surface area contributed by atoms with Crippen molar-refractivity contribution in [3.63, 3.8) is 0 Å². The van der Waals surface area contributed by atoms with Gasteiger partial charge in [0.2, 0.25) is 0 Å². The van der Waals surface area contributed by atoms with E-state index in [0.29, 0.717) is 25.0 Å². The SMILES string of the molecule is CCc1cc2c(=O)n(CCOC)c(Cc3ccccc3OC)nc2s1. The minimum absolute atomic E-state index is 0.00268. The van der Waals surface area contributed by atoms with E-state index in [4.69, 9.17) is 14.5 Å². The van der Waals surface area contributed by atoms with E-state index in [-0.39, 0.29) is 5.56 Å². The van der Waals surface area contributed by atoms with Gasteiger partial charge in [-0.3, -0.25) is 9.36 Å². The molecule has 0 aliphatic rings. The summed E-state index contributed by atoms with van der Waals surface area (Å²) in [4.78, 5) is 19.7. The predicted molar refractivity (Wildman–Crippen MR) is 101 cm³/mol. The number of methoxy groups -OCH3 is 2. The minimum Gasteiger partial charge on any atom is -0.496 e. The van der Waals surface area contributed by atoms with Crippen LogP contribution in [0.25, 0.3) is 10.2 Å². The fourth-order valence-electron chi connectivity index (χ4n) is 2.85. The Morgan fingerprint density at radius 2 is 2.04 bits per heavy atom. The van der Waals surface area contributed by atoms with E-state index >= 15 is 0 Å². The van der Waals surface area contributed by atoms with E-state index < -0.39 is 0 Å². The van der Waals surface area contributed by atoms with Crippen molar-refractivity contribution in [3.8, 4) is 5.75 Å². The van der Waals surface area contributed by atoms with Crippen LogP contribution in [0, 0.1) is 0 Å². The van der Waals surface area contributed by atoms with Crippen LogP contribution in [0.2, 0.25) is 0 Å². The van der Waals surface area contributed by atoms with Gasteiger partial charge in [-0.05, 0) is 18.6 Å². The van der Waals surface area contributed by atoms with Crippen LogP contribution in [0.5, 0.6) is 5.75 Å². The molecule has 25 heavy (non-hydrogen) atoms. The van der Waals surface area contributed by atoms with Gasteiger partial charge in [0, 0.05) is 24.0 Å². The summed E-state index contributed by atoms with van der Waals surface area (Å²) in [5, 5.41) is 0.696. The van der Waals surface area contributed by atoms with E-state index in [2.05, 4.69) is 6.92 Å². The number of hydrogen-bond donors (Lipinski definition) is 0. The summed E-state index contributed by atoms with van der Waals surface area (Å²) in [6, 6.07) is 9.79. The van der Waals surface area contributed by atoms with Gasteiger partial charge in [0.25, 0.3) is 5.56 Å². The van der Waals surface area contributed by atoms with Crippen LogP contribution in [-0.4, -0.2) is 30.4 Å². The Balaban J connectivity index is 2.12. The lowest BCUT2D eigenvalue weighted by Crippen LogP contribution is -2.27. The number of fused-ring (bicyclic) bond motifs is 1. The molecule has 0 saturated heterocycles. The molecule has 0 saturated carbocycles. The number of nitrogens with zero attached hydrogens (tertiary/aromatic N) is 2. The smallest absolute Gasteiger partial charge is 0.262 e. The second-order valence-corrected chi connectivity index (χ2v) is 6.87. The highest BCUT2D eigenvalue weighted by atomic mass is 32.1. The quantitative estimate of drug-likeness (QED) is 0.650. The maximum Gasteiger partial charge on any atom is 0.262 e. The maximum atomic E-state index is 13.0. The third-order valence-electron chi connectivity index (χ3n) is 4.19. The molecule has 0 unspecified atom stereocenters. The fraction of sp³-hybridized carbons (Fsp3) is 0.368. The highest BCUT2D eigenvalue weighted by Gasteiger charge is 2.15. The van der Waals surface area contributed by atoms with Crippen molar-refractivity contribution >= 4 is 21.6 Å². The Kier molecular flexibility index (Phi) is 5.50. The molecule has 5 nitrogen and oxygen atoms in total. The number of aryl methyl sites for hydroxylation is 1. The molecule has 3 rings (SSSR count). The molecular formula is C19H22N2O3S. The molecule has 0 radical (unpaired) electrons. The van der Waals surface area contributed by atoms with Crippen molar-refractivity contribution in [3.05, 3.63) is 57.0 Å². The first kappa shape index (κ1) is 17.6. The molecule has 132 valence electrons. The first-order valence-electron chi connectivity index (χ1n) is 8.30. The summed E-state index contributed by atoms with van der Waals surface area (Å²) in [6.45, 7) is 3.04. The van der Waals surface area contributed by atoms with Crippen LogP contribution < -0.4 is 10.3 Å². The van der Waals surface area contributed by atoms with Gasteiger partial charge < -0.3 is 9.47 Å². The minimum atomic E-state index is 0.00268. The normalized spacial score (nSPS) is 11.2. The molecule has 0 atom stereocenters. The molecule has 0 amide bonds. The van der Waals surface area contributed by atoms with Gasteiger partial charge in [0.1, 0.15) is 16.4 Å². The Morgan fingerprint density at radius 1 is 1.24 bits per heavy atom. The maximum absolute atomic E-state index is 13.0. The van der Waals surface area contributed by atoms with Crippen LogP contribution >= 0.6 is 11.3 Å². The third kappa shape index (κ3) is 3.60. The van der Waals surface area contributed by atoms with Crippen molar-refractivity contribution in [2.75, 3.05) is 20.8 Å². The standard InChI is InChI=1S/C19H22N2O3S/c1-4-14-12-15-18(25-14)20-17(21(19(15)22)9-10-23-2)11-13-7-5-6-8-16(13)24-3/h5-8,12H,4,9-11H2,1-3H3. The molecule has 0 spiro atoms. The zero-order valence-corrected chi connectivity index (χ0v) is 15.6. The summed E-state index contributed by atoms with van der Waals surface area (Å²) >= 11 is 1.59. The average Bonchev–Trinajstić information content (AvgIpc) is 3.05. The van der Waals surface area contributed by atoms with Gasteiger partial charge in [0.05, 0.1) is 25.6 Å². The van der Waals surface area contributed by atoms with E-state index in [1.54, 1.807) is 30.1 Å². The summed E-state index contributed by atoms with van der Waals surface area (Å²) < 4.78 is 12.3. The van der Waals surface area contributed by atoms with Gasteiger partial charge >= 0.3 is 0 Å². The molecule has 0 bridgehead atoms. The predicted octanol–water partition coefficient (Wildman–Crippen LogP) is 3.27. The molecule has 1 aromatic carbocycles. The van der Waals surface area contributed by atoms with Crippen LogP contribution in [0.1, 0.15) is 23.2 Å². The topological polar surface area (TPSA) is 53.4 Å². The first-order chi connectivity index (χ1) is 12.2. The lowest BCUT2D eigenvalue weighted by molar-refractivity contribution is 0.185. The first-order valence-corrected chi connectivity index (χ1v) is 9.12. The highest BCUT2D eigenvalue weighted by molar-refractivity contribution is 7.18. The lowest BCUT2D eigenvalue weighted by atomic mass is 10.1. The van der Waals surface area contributed by atoms with E-state index in [9.17, 15) is 4.79 Å². The Morgan fingerprint density at radius 3 is 2.76 bits per heavy atom. The lowest BCUT2D eigenvalue weighted by Gasteiger charge is -2.13. The molecule has 3 aromatic rings. The van der Waals surface area contributed by atoms with Crippen LogP contribution in [0.15, 0.2) is 35.1 Å².